The highest BCUT2D eigenvalue weighted by molar-refractivity contribution is 5.73. The average Bonchev–Trinajstić information content (AvgIpc) is 3.73. The average molecular weight is 382 g/mol. The van der Waals surface area contributed by atoms with E-state index in [1.165, 1.54) is 42.5 Å². The van der Waals surface area contributed by atoms with E-state index in [2.05, 4.69) is 55.1 Å². The highest BCUT2D eigenvalue weighted by Gasteiger charge is 2.27. The van der Waals surface area contributed by atoms with Gasteiger partial charge in [-0.2, -0.15) is 0 Å². The zero-order chi connectivity index (χ0) is 19.2. The number of allylic oxidation sites excluding steroid dienone is 2. The molecule has 29 heavy (non-hydrogen) atoms. The molecule has 2 saturated carbocycles. The second-order valence-corrected chi connectivity index (χ2v) is 8.08. The molecular formula is C23H22N6. The van der Waals surface area contributed by atoms with Gasteiger partial charge in [0.05, 0.1) is 0 Å². The lowest BCUT2D eigenvalue weighted by molar-refractivity contribution is 0.743. The van der Waals surface area contributed by atoms with E-state index < -0.39 is 0 Å². The fraction of sp³-hybridized carbons (Fsp3) is 0.304. The minimum atomic E-state index is 0.529. The van der Waals surface area contributed by atoms with Crippen LogP contribution in [0.5, 0.6) is 0 Å². The summed E-state index contributed by atoms with van der Waals surface area (Å²) in [5, 5.41) is 8.43. The molecule has 0 unspecified atom stereocenters. The Kier molecular flexibility index (Phi) is 3.82. The smallest absolute Gasteiger partial charge is 0.182 e. The molecule has 6 heteroatoms. The zero-order valence-electron chi connectivity index (χ0n) is 16.1. The van der Waals surface area contributed by atoms with Gasteiger partial charge in [0.1, 0.15) is 17.8 Å². The molecule has 3 aromatic heterocycles. The Morgan fingerprint density at radius 1 is 1.00 bits per heavy atom. The van der Waals surface area contributed by atoms with Crippen molar-refractivity contribution in [2.24, 2.45) is 0 Å². The first-order chi connectivity index (χ1) is 14.3. The molecule has 0 saturated heterocycles. The van der Waals surface area contributed by atoms with Gasteiger partial charge in [-0.1, -0.05) is 18.2 Å². The third kappa shape index (κ3) is 3.24. The summed E-state index contributed by atoms with van der Waals surface area (Å²) < 4.78 is 2.15. The molecule has 0 atom stereocenters. The summed E-state index contributed by atoms with van der Waals surface area (Å²) in [5.74, 6) is 2.45. The van der Waals surface area contributed by atoms with E-state index in [0.717, 1.165) is 23.9 Å². The molecule has 4 heterocycles. The van der Waals surface area contributed by atoms with Crippen LogP contribution < -0.4 is 4.90 Å². The topological polar surface area (TPSA) is 59.7 Å². The van der Waals surface area contributed by atoms with Gasteiger partial charge in [-0.05, 0) is 61.1 Å². The van der Waals surface area contributed by atoms with Gasteiger partial charge in [0, 0.05) is 36.6 Å². The third-order valence-corrected chi connectivity index (χ3v) is 5.83. The summed E-state index contributed by atoms with van der Waals surface area (Å²) in [4.78, 5) is 11.7. The third-order valence-electron chi connectivity index (χ3n) is 5.83. The molecule has 3 aromatic rings. The Labute approximate surface area is 169 Å². The molecule has 2 aliphatic carbocycles. The maximum Gasteiger partial charge on any atom is 0.182 e. The van der Waals surface area contributed by atoms with Crippen LogP contribution in [0.2, 0.25) is 0 Å². The lowest BCUT2D eigenvalue weighted by Crippen LogP contribution is -2.22. The van der Waals surface area contributed by atoms with Gasteiger partial charge < -0.3 is 9.47 Å². The lowest BCUT2D eigenvalue weighted by Gasteiger charge is -2.24. The van der Waals surface area contributed by atoms with Crippen LogP contribution in [0.1, 0.15) is 48.9 Å². The van der Waals surface area contributed by atoms with Crippen molar-refractivity contribution < 1.29 is 0 Å². The summed E-state index contributed by atoms with van der Waals surface area (Å²) in [6.07, 6.45) is 15.1. The number of rotatable bonds is 5. The summed E-state index contributed by atoms with van der Waals surface area (Å²) in [6, 6.07) is 11.0. The highest BCUT2D eigenvalue weighted by Crippen LogP contribution is 2.39. The van der Waals surface area contributed by atoms with Crippen molar-refractivity contribution in [2.75, 3.05) is 11.4 Å². The molecule has 6 rings (SSSR count). The number of hydrogen-bond acceptors (Lipinski definition) is 5. The fourth-order valence-corrected chi connectivity index (χ4v) is 3.87. The van der Waals surface area contributed by atoms with Gasteiger partial charge in [-0.3, -0.25) is 4.98 Å². The van der Waals surface area contributed by atoms with Crippen molar-refractivity contribution >= 4 is 11.4 Å². The van der Waals surface area contributed by atoms with Crippen LogP contribution >= 0.6 is 0 Å². The van der Waals surface area contributed by atoms with Crippen LogP contribution in [-0.2, 0) is 0 Å². The Morgan fingerprint density at radius 3 is 2.72 bits per heavy atom. The predicted octanol–water partition coefficient (Wildman–Crippen LogP) is 4.36. The standard InChI is InChI=1S/C23H22N6/c1-4-21(23-27-25-15-29(23)19-9-10-19)26-22(5-1)28-12-2-3-18(14-28)17-8-11-20(24-13-17)16-6-7-16/h1-5,8,11-13,15-16,19H,6-7,9-10,14H2. The molecule has 0 bridgehead atoms. The van der Waals surface area contributed by atoms with Gasteiger partial charge in [0.25, 0.3) is 0 Å². The zero-order valence-corrected chi connectivity index (χ0v) is 16.1. The van der Waals surface area contributed by atoms with E-state index in [1.807, 2.05) is 30.7 Å². The van der Waals surface area contributed by atoms with Gasteiger partial charge in [-0.15, -0.1) is 10.2 Å². The first kappa shape index (κ1) is 16.7. The van der Waals surface area contributed by atoms with E-state index in [4.69, 9.17) is 4.98 Å². The molecular weight excluding hydrogens is 360 g/mol. The quantitative estimate of drug-likeness (QED) is 0.656. The van der Waals surface area contributed by atoms with Crippen molar-refractivity contribution in [3.05, 3.63) is 72.5 Å². The van der Waals surface area contributed by atoms with E-state index >= 15 is 0 Å². The second-order valence-electron chi connectivity index (χ2n) is 8.08. The Balaban J connectivity index is 1.25. The maximum atomic E-state index is 4.89. The summed E-state index contributed by atoms with van der Waals surface area (Å²) in [6.45, 7) is 0.771. The SMILES string of the molecule is C1=CN(c2cccc(-c3nncn3C3CC3)n2)CC(c2ccc(C3CC3)nc2)=C1. The van der Waals surface area contributed by atoms with Gasteiger partial charge in [0.2, 0.25) is 0 Å². The number of hydrogen-bond donors (Lipinski definition) is 0. The summed E-state index contributed by atoms with van der Waals surface area (Å²) >= 11 is 0. The van der Waals surface area contributed by atoms with Gasteiger partial charge >= 0.3 is 0 Å². The molecule has 144 valence electrons. The molecule has 2 fully saturated rings. The van der Waals surface area contributed by atoms with Crippen LogP contribution in [-0.4, -0.2) is 31.3 Å². The van der Waals surface area contributed by atoms with Crippen LogP contribution in [0.15, 0.2) is 61.2 Å². The van der Waals surface area contributed by atoms with Crippen LogP contribution in [0.25, 0.3) is 17.1 Å². The minimum Gasteiger partial charge on any atom is -0.329 e. The molecule has 0 N–H and O–H groups in total. The normalized spacial score (nSPS) is 18.8. The largest absolute Gasteiger partial charge is 0.329 e. The van der Waals surface area contributed by atoms with E-state index in [1.54, 1.807) is 0 Å². The number of aromatic nitrogens is 5. The molecule has 3 aliphatic rings. The van der Waals surface area contributed by atoms with E-state index in [-0.39, 0.29) is 0 Å². The molecule has 0 spiro atoms. The van der Waals surface area contributed by atoms with Crippen molar-refractivity contribution in [2.45, 2.75) is 37.6 Å². The number of pyridine rings is 2. The summed E-state index contributed by atoms with van der Waals surface area (Å²) in [7, 11) is 0. The maximum absolute atomic E-state index is 4.89. The molecule has 0 radical (unpaired) electrons. The highest BCUT2D eigenvalue weighted by atomic mass is 15.3. The predicted molar refractivity (Wildman–Crippen MR) is 112 cm³/mol. The number of anilines is 1. The van der Waals surface area contributed by atoms with Crippen molar-refractivity contribution in [3.8, 4) is 11.5 Å². The van der Waals surface area contributed by atoms with E-state index in [9.17, 15) is 0 Å². The monoisotopic (exact) mass is 382 g/mol. The number of nitrogens with zero attached hydrogens (tertiary/aromatic N) is 6. The lowest BCUT2D eigenvalue weighted by atomic mass is 10.0. The first-order valence-corrected chi connectivity index (χ1v) is 10.3. The Morgan fingerprint density at radius 2 is 1.93 bits per heavy atom. The van der Waals surface area contributed by atoms with Gasteiger partial charge in [-0.25, -0.2) is 4.98 Å². The summed E-state index contributed by atoms with van der Waals surface area (Å²) in [5.41, 5.74) is 4.52. The van der Waals surface area contributed by atoms with Crippen molar-refractivity contribution in [1.82, 2.24) is 24.7 Å². The molecule has 6 nitrogen and oxygen atoms in total. The van der Waals surface area contributed by atoms with Crippen LogP contribution in [0.3, 0.4) is 0 Å². The second kappa shape index (κ2) is 6.65. The van der Waals surface area contributed by atoms with Crippen LogP contribution in [0, 0.1) is 0 Å². The molecule has 1 aliphatic heterocycles. The Bertz CT molecular complexity index is 1100. The fourth-order valence-electron chi connectivity index (χ4n) is 3.87. The van der Waals surface area contributed by atoms with Crippen molar-refractivity contribution in [3.63, 3.8) is 0 Å². The minimum absolute atomic E-state index is 0.529. The van der Waals surface area contributed by atoms with Gasteiger partial charge in [0.15, 0.2) is 5.82 Å². The van der Waals surface area contributed by atoms with Crippen molar-refractivity contribution in [1.29, 1.82) is 0 Å². The molecule has 0 amide bonds. The Hall–Kier alpha value is -3.28. The molecule has 0 aromatic carbocycles. The van der Waals surface area contributed by atoms with E-state index in [0.29, 0.717) is 12.0 Å². The first-order valence-electron chi connectivity index (χ1n) is 10.3. The van der Waals surface area contributed by atoms with Crippen LogP contribution in [0.4, 0.5) is 5.82 Å².